The van der Waals surface area contributed by atoms with Crippen molar-refractivity contribution in [2.24, 2.45) is 0 Å². The van der Waals surface area contributed by atoms with Crippen molar-refractivity contribution in [3.8, 4) is 5.75 Å². The maximum Gasteiger partial charge on any atom is 0.291 e. The van der Waals surface area contributed by atoms with Crippen LogP contribution in [0.5, 0.6) is 5.75 Å². The third-order valence-electron chi connectivity index (χ3n) is 5.14. The molecular formula is C20H23N3O4. The molecule has 2 aliphatic rings. The largest absolute Gasteiger partial charge is 0.484 e. The van der Waals surface area contributed by atoms with E-state index in [4.69, 9.17) is 9.15 Å². The highest BCUT2D eigenvalue weighted by molar-refractivity contribution is 6.02. The van der Waals surface area contributed by atoms with Crippen LogP contribution in [-0.4, -0.2) is 48.5 Å². The van der Waals surface area contributed by atoms with Crippen molar-refractivity contribution >= 4 is 17.5 Å². The van der Waals surface area contributed by atoms with Crippen LogP contribution in [0.4, 0.5) is 5.69 Å². The van der Waals surface area contributed by atoms with E-state index in [2.05, 4.69) is 10.6 Å². The Morgan fingerprint density at radius 1 is 1.19 bits per heavy atom. The van der Waals surface area contributed by atoms with Gasteiger partial charge in [0.25, 0.3) is 11.8 Å². The van der Waals surface area contributed by atoms with E-state index in [1.807, 2.05) is 4.90 Å². The van der Waals surface area contributed by atoms with Crippen molar-refractivity contribution in [1.29, 1.82) is 0 Å². The van der Waals surface area contributed by atoms with Gasteiger partial charge in [0.2, 0.25) is 0 Å². The quantitative estimate of drug-likeness (QED) is 0.845. The maximum absolute atomic E-state index is 12.7. The van der Waals surface area contributed by atoms with Crippen molar-refractivity contribution in [1.82, 2.24) is 10.2 Å². The van der Waals surface area contributed by atoms with Crippen LogP contribution in [0.25, 0.3) is 0 Å². The number of ether oxygens (including phenoxy) is 1. The molecule has 1 aromatic carbocycles. The second kappa shape index (κ2) is 7.84. The molecule has 2 unspecified atom stereocenters. The molecule has 2 fully saturated rings. The Hall–Kier alpha value is -2.80. The molecule has 4 rings (SSSR count). The summed E-state index contributed by atoms with van der Waals surface area (Å²) >= 11 is 0. The van der Waals surface area contributed by atoms with E-state index in [-0.39, 0.29) is 30.2 Å². The number of carbonyl (C=O) groups excluding carboxylic acids is 2. The van der Waals surface area contributed by atoms with E-state index in [0.29, 0.717) is 17.5 Å². The minimum absolute atomic E-state index is 0.00256. The van der Waals surface area contributed by atoms with Gasteiger partial charge in [-0.25, -0.2) is 0 Å². The second-order valence-corrected chi connectivity index (χ2v) is 6.93. The lowest BCUT2D eigenvalue weighted by Gasteiger charge is -2.27. The van der Waals surface area contributed by atoms with Gasteiger partial charge in [0.1, 0.15) is 5.75 Å². The Bertz CT molecular complexity index is 791. The van der Waals surface area contributed by atoms with Gasteiger partial charge >= 0.3 is 0 Å². The lowest BCUT2D eigenvalue weighted by atomic mass is 10.1. The summed E-state index contributed by atoms with van der Waals surface area (Å²) in [6, 6.07) is 10.9. The Morgan fingerprint density at radius 2 is 2.07 bits per heavy atom. The van der Waals surface area contributed by atoms with Crippen LogP contribution < -0.4 is 15.4 Å². The number of hydrogen-bond donors (Lipinski definition) is 2. The van der Waals surface area contributed by atoms with Gasteiger partial charge in [-0.3, -0.25) is 9.59 Å². The summed E-state index contributed by atoms with van der Waals surface area (Å²) < 4.78 is 10.8. The lowest BCUT2D eigenvalue weighted by Crippen LogP contribution is -2.44. The molecule has 2 bridgehead atoms. The number of carbonyl (C=O) groups is 2. The first-order chi connectivity index (χ1) is 13.2. The summed E-state index contributed by atoms with van der Waals surface area (Å²) in [4.78, 5) is 26.8. The first-order valence-electron chi connectivity index (χ1n) is 9.30. The number of rotatable bonds is 5. The van der Waals surface area contributed by atoms with Gasteiger partial charge in [-0.05, 0) is 50.1 Å². The van der Waals surface area contributed by atoms with Crippen molar-refractivity contribution in [2.45, 2.75) is 31.3 Å². The molecule has 0 radical (unpaired) electrons. The second-order valence-electron chi connectivity index (χ2n) is 6.93. The normalized spacial score (nSPS) is 21.6. The summed E-state index contributed by atoms with van der Waals surface area (Å²) in [6.45, 7) is 1.82. The molecule has 7 nitrogen and oxygen atoms in total. The Kier molecular flexibility index (Phi) is 5.11. The molecule has 142 valence electrons. The van der Waals surface area contributed by atoms with Crippen molar-refractivity contribution in [3.63, 3.8) is 0 Å². The van der Waals surface area contributed by atoms with Crippen LogP contribution >= 0.6 is 0 Å². The first kappa shape index (κ1) is 17.6. The Morgan fingerprint density at radius 3 is 2.93 bits per heavy atom. The zero-order chi connectivity index (χ0) is 18.6. The van der Waals surface area contributed by atoms with E-state index in [0.717, 1.165) is 32.4 Å². The molecule has 2 atom stereocenters. The summed E-state index contributed by atoms with van der Waals surface area (Å²) in [5.41, 5.74) is 0.584. The molecule has 2 aromatic rings. The Labute approximate surface area is 157 Å². The van der Waals surface area contributed by atoms with Crippen LogP contribution in [0.3, 0.4) is 0 Å². The molecule has 1 aromatic heterocycles. The number of nitrogens with zero attached hydrogens (tertiary/aromatic N) is 1. The smallest absolute Gasteiger partial charge is 0.291 e. The van der Waals surface area contributed by atoms with E-state index in [1.54, 1.807) is 36.4 Å². The summed E-state index contributed by atoms with van der Waals surface area (Å²) in [5, 5.41) is 6.14. The number of amides is 2. The average molecular weight is 369 g/mol. The molecule has 0 saturated carbocycles. The zero-order valence-corrected chi connectivity index (χ0v) is 15.0. The lowest BCUT2D eigenvalue weighted by molar-refractivity contribution is -0.136. The fourth-order valence-corrected chi connectivity index (χ4v) is 3.87. The predicted molar refractivity (Wildman–Crippen MR) is 99.7 cm³/mol. The van der Waals surface area contributed by atoms with Crippen LogP contribution in [0.15, 0.2) is 47.1 Å². The molecule has 3 heterocycles. The fourth-order valence-electron chi connectivity index (χ4n) is 3.87. The third-order valence-corrected chi connectivity index (χ3v) is 5.14. The predicted octanol–water partition coefficient (Wildman–Crippen LogP) is 2.26. The van der Waals surface area contributed by atoms with Gasteiger partial charge in [-0.15, -0.1) is 0 Å². The minimum atomic E-state index is -0.332. The Balaban J connectivity index is 1.36. The van der Waals surface area contributed by atoms with Gasteiger partial charge in [0.15, 0.2) is 12.4 Å². The molecule has 0 spiro atoms. The van der Waals surface area contributed by atoms with E-state index >= 15 is 0 Å². The molecule has 2 amide bonds. The minimum Gasteiger partial charge on any atom is -0.484 e. The van der Waals surface area contributed by atoms with Gasteiger partial charge < -0.3 is 24.7 Å². The van der Waals surface area contributed by atoms with Crippen LogP contribution in [0, 0.1) is 0 Å². The molecule has 27 heavy (non-hydrogen) atoms. The van der Waals surface area contributed by atoms with E-state index < -0.39 is 0 Å². The topological polar surface area (TPSA) is 83.8 Å². The number of furan rings is 1. The molecule has 2 N–H and O–H groups in total. The van der Waals surface area contributed by atoms with E-state index in [1.165, 1.54) is 6.26 Å². The summed E-state index contributed by atoms with van der Waals surface area (Å²) in [7, 11) is 0. The standard InChI is InChI=1S/C20H23N3O4/c24-19(23-15-6-7-16(23)12-21-9-8-15)13-27-17-4-1-3-14(11-17)22-20(25)18-5-2-10-26-18/h1-5,10-11,15-16,21H,6-9,12-13H2,(H,22,25). The van der Waals surface area contributed by atoms with Gasteiger partial charge in [-0.2, -0.15) is 0 Å². The summed E-state index contributed by atoms with van der Waals surface area (Å²) in [6.07, 6.45) is 4.58. The number of nitrogens with one attached hydrogen (secondary N) is 2. The van der Waals surface area contributed by atoms with Gasteiger partial charge in [0, 0.05) is 30.4 Å². The highest BCUT2D eigenvalue weighted by Crippen LogP contribution is 2.28. The van der Waals surface area contributed by atoms with Crippen LogP contribution in [0.1, 0.15) is 29.8 Å². The highest BCUT2D eigenvalue weighted by atomic mass is 16.5. The molecule has 2 saturated heterocycles. The number of benzene rings is 1. The first-order valence-corrected chi connectivity index (χ1v) is 9.30. The molecule has 7 heteroatoms. The SMILES string of the molecule is O=C(Nc1cccc(OCC(=O)N2C3CCNCC2CC3)c1)c1ccco1. The fraction of sp³-hybridized carbons (Fsp3) is 0.400. The van der Waals surface area contributed by atoms with Crippen molar-refractivity contribution < 1.29 is 18.7 Å². The number of anilines is 1. The van der Waals surface area contributed by atoms with Gasteiger partial charge in [-0.1, -0.05) is 6.07 Å². The zero-order valence-electron chi connectivity index (χ0n) is 15.0. The molecular weight excluding hydrogens is 346 g/mol. The van der Waals surface area contributed by atoms with E-state index in [9.17, 15) is 9.59 Å². The number of hydrogen-bond acceptors (Lipinski definition) is 5. The van der Waals surface area contributed by atoms with Crippen molar-refractivity contribution in [3.05, 3.63) is 48.4 Å². The maximum atomic E-state index is 12.7. The summed E-state index contributed by atoms with van der Waals surface area (Å²) in [5.74, 6) is 0.473. The van der Waals surface area contributed by atoms with Crippen LogP contribution in [-0.2, 0) is 4.79 Å². The average Bonchev–Trinajstić information content (AvgIpc) is 3.27. The van der Waals surface area contributed by atoms with Crippen LogP contribution in [0.2, 0.25) is 0 Å². The number of fused-ring (bicyclic) bond motifs is 2. The molecule has 0 aliphatic carbocycles. The van der Waals surface area contributed by atoms with Crippen molar-refractivity contribution in [2.75, 3.05) is 25.0 Å². The highest BCUT2D eigenvalue weighted by Gasteiger charge is 2.37. The molecule has 2 aliphatic heterocycles. The van der Waals surface area contributed by atoms with Gasteiger partial charge in [0.05, 0.1) is 6.26 Å². The third kappa shape index (κ3) is 3.98. The monoisotopic (exact) mass is 369 g/mol.